The monoisotopic (exact) mass is 540 g/mol. The number of likely N-dealkylation sites (tertiary alicyclic amines) is 1. The standard InChI is InChI=1S/C32H48N2O3S/c1-31(2,3)37-29(35)24-34-27(19-20-38(7,8)32(4,5)6)21-28(30(34)36)33(22-25-15-11-9-12-16-25)23-26-17-13-10-14-18-26/h9-18,27-28H,19-24H2,1-8H3/t27-,28+/m1/s1. The summed E-state index contributed by atoms with van der Waals surface area (Å²) < 4.78 is 5.86. The lowest BCUT2D eigenvalue weighted by atomic mass is 10.1. The Kier molecular flexibility index (Phi) is 9.75. The summed E-state index contributed by atoms with van der Waals surface area (Å²) in [6.07, 6.45) is 6.39. The Balaban J connectivity index is 1.88. The lowest BCUT2D eigenvalue weighted by molar-refractivity contribution is -0.159. The quantitative estimate of drug-likeness (QED) is 0.334. The van der Waals surface area contributed by atoms with Crippen LogP contribution in [0.15, 0.2) is 60.7 Å². The van der Waals surface area contributed by atoms with Crippen molar-refractivity contribution in [3.63, 3.8) is 0 Å². The van der Waals surface area contributed by atoms with Crippen molar-refractivity contribution in [3.05, 3.63) is 71.8 Å². The minimum absolute atomic E-state index is 0.00701. The van der Waals surface area contributed by atoms with Crippen molar-refractivity contribution < 1.29 is 14.3 Å². The maximum absolute atomic E-state index is 14.0. The Morgan fingerprint density at radius 1 is 0.921 bits per heavy atom. The molecule has 0 spiro atoms. The first-order chi connectivity index (χ1) is 17.7. The van der Waals surface area contributed by atoms with Crippen LogP contribution in [0.25, 0.3) is 0 Å². The van der Waals surface area contributed by atoms with E-state index in [-0.39, 0.29) is 35.3 Å². The number of amides is 1. The van der Waals surface area contributed by atoms with Crippen LogP contribution in [-0.2, 0) is 27.4 Å². The van der Waals surface area contributed by atoms with Gasteiger partial charge >= 0.3 is 5.97 Å². The molecule has 2 aromatic rings. The molecule has 0 unspecified atom stereocenters. The van der Waals surface area contributed by atoms with E-state index < -0.39 is 15.6 Å². The average molecular weight is 541 g/mol. The van der Waals surface area contributed by atoms with E-state index in [9.17, 15) is 9.59 Å². The molecule has 3 rings (SSSR count). The van der Waals surface area contributed by atoms with E-state index in [4.69, 9.17) is 4.74 Å². The average Bonchev–Trinajstić information content (AvgIpc) is 3.12. The Morgan fingerprint density at radius 2 is 1.42 bits per heavy atom. The van der Waals surface area contributed by atoms with Gasteiger partial charge in [0.1, 0.15) is 12.1 Å². The van der Waals surface area contributed by atoms with Crippen LogP contribution in [0.4, 0.5) is 0 Å². The summed E-state index contributed by atoms with van der Waals surface area (Å²) >= 11 is 0. The Hall–Kier alpha value is -2.31. The minimum atomic E-state index is -0.886. The molecule has 2 atom stereocenters. The highest BCUT2D eigenvalue weighted by Gasteiger charge is 2.44. The zero-order chi connectivity index (χ0) is 28.1. The van der Waals surface area contributed by atoms with Crippen LogP contribution in [0, 0.1) is 0 Å². The summed E-state index contributed by atoms with van der Waals surface area (Å²) in [5, 5.41) is 0. The second kappa shape index (κ2) is 12.3. The van der Waals surface area contributed by atoms with Gasteiger partial charge in [-0.15, -0.1) is 0 Å². The summed E-state index contributed by atoms with van der Waals surface area (Å²) in [5.74, 6) is 0.761. The van der Waals surface area contributed by atoms with Crippen molar-refractivity contribution in [1.29, 1.82) is 0 Å². The van der Waals surface area contributed by atoms with Gasteiger partial charge in [-0.3, -0.25) is 14.5 Å². The molecule has 38 heavy (non-hydrogen) atoms. The molecule has 0 aliphatic carbocycles. The highest BCUT2D eigenvalue weighted by atomic mass is 32.3. The van der Waals surface area contributed by atoms with Crippen LogP contribution in [0.5, 0.6) is 0 Å². The molecule has 1 heterocycles. The zero-order valence-corrected chi connectivity index (χ0v) is 25.5. The summed E-state index contributed by atoms with van der Waals surface area (Å²) in [4.78, 5) is 31.1. The van der Waals surface area contributed by atoms with E-state index in [0.29, 0.717) is 13.1 Å². The number of esters is 1. The molecule has 1 saturated heterocycles. The number of ether oxygens (including phenoxy) is 1. The highest BCUT2D eigenvalue weighted by Crippen LogP contribution is 2.53. The fourth-order valence-corrected chi connectivity index (χ4v) is 6.28. The van der Waals surface area contributed by atoms with Crippen LogP contribution < -0.4 is 0 Å². The smallest absolute Gasteiger partial charge is 0.326 e. The maximum atomic E-state index is 14.0. The van der Waals surface area contributed by atoms with Crippen LogP contribution in [0.2, 0.25) is 0 Å². The predicted molar refractivity (Wildman–Crippen MR) is 161 cm³/mol. The second-order valence-corrected chi connectivity index (χ2v) is 17.7. The van der Waals surface area contributed by atoms with Crippen LogP contribution in [0.3, 0.4) is 0 Å². The first-order valence-electron chi connectivity index (χ1n) is 13.7. The van der Waals surface area contributed by atoms with E-state index in [1.165, 1.54) is 11.1 Å². The number of rotatable bonds is 10. The molecule has 210 valence electrons. The van der Waals surface area contributed by atoms with Crippen molar-refractivity contribution in [2.75, 3.05) is 24.8 Å². The number of carbonyl (C=O) groups excluding carboxylic acids is 2. The fourth-order valence-electron chi connectivity index (χ4n) is 4.80. The van der Waals surface area contributed by atoms with E-state index >= 15 is 0 Å². The first-order valence-corrected chi connectivity index (χ1v) is 16.3. The summed E-state index contributed by atoms with van der Waals surface area (Å²) in [6, 6.07) is 20.4. The van der Waals surface area contributed by atoms with Crippen molar-refractivity contribution >= 4 is 21.9 Å². The minimum Gasteiger partial charge on any atom is -0.459 e. The topological polar surface area (TPSA) is 49.9 Å². The number of hydrogen-bond acceptors (Lipinski definition) is 4. The fraction of sp³-hybridized carbons (Fsp3) is 0.562. The molecule has 0 radical (unpaired) electrons. The third kappa shape index (κ3) is 8.34. The summed E-state index contributed by atoms with van der Waals surface area (Å²) in [7, 11) is -0.886. The van der Waals surface area contributed by atoms with Gasteiger partial charge in [0, 0.05) is 19.1 Å². The molecule has 1 aliphatic rings. The van der Waals surface area contributed by atoms with Crippen molar-refractivity contribution in [3.8, 4) is 0 Å². The van der Waals surface area contributed by atoms with Crippen LogP contribution >= 0.6 is 10.0 Å². The van der Waals surface area contributed by atoms with Gasteiger partial charge in [-0.1, -0.05) is 81.4 Å². The lowest BCUT2D eigenvalue weighted by Gasteiger charge is -2.45. The normalized spacial score (nSPS) is 19.2. The third-order valence-corrected chi connectivity index (χ3v) is 12.3. The van der Waals surface area contributed by atoms with Gasteiger partial charge in [0.2, 0.25) is 5.91 Å². The maximum Gasteiger partial charge on any atom is 0.326 e. The van der Waals surface area contributed by atoms with Gasteiger partial charge < -0.3 is 9.64 Å². The molecule has 1 amide bonds. The lowest BCUT2D eigenvalue weighted by Crippen LogP contribution is -2.44. The zero-order valence-electron chi connectivity index (χ0n) is 24.7. The number of hydrogen-bond donors (Lipinski definition) is 0. The van der Waals surface area contributed by atoms with Crippen molar-refractivity contribution in [2.24, 2.45) is 0 Å². The molecule has 6 heteroatoms. The van der Waals surface area contributed by atoms with E-state index in [1.807, 2.05) is 62.1 Å². The number of benzene rings is 2. The van der Waals surface area contributed by atoms with Crippen LogP contribution in [0.1, 0.15) is 65.5 Å². The van der Waals surface area contributed by atoms with Gasteiger partial charge in [0.25, 0.3) is 0 Å². The van der Waals surface area contributed by atoms with Gasteiger partial charge in [0.05, 0.1) is 6.04 Å². The van der Waals surface area contributed by atoms with E-state index in [1.54, 1.807) is 0 Å². The summed E-state index contributed by atoms with van der Waals surface area (Å²) in [6.45, 7) is 13.9. The summed E-state index contributed by atoms with van der Waals surface area (Å²) in [5.41, 5.74) is 1.77. The molecule has 0 N–H and O–H groups in total. The predicted octanol–water partition coefficient (Wildman–Crippen LogP) is 6.25. The van der Waals surface area contributed by atoms with Gasteiger partial charge in [-0.25, -0.2) is 10.0 Å². The van der Waals surface area contributed by atoms with Gasteiger partial charge in [0.15, 0.2) is 0 Å². The molecule has 0 aromatic heterocycles. The first kappa shape index (κ1) is 30.2. The van der Waals surface area contributed by atoms with Gasteiger partial charge in [-0.2, -0.15) is 0 Å². The SMILES string of the molecule is CC(C)(C)OC(=O)CN1C(=O)[C@@H](N(Cc2ccccc2)Cc2ccccc2)C[C@H]1CCS(C)(C)C(C)(C)C. The molecular weight excluding hydrogens is 492 g/mol. The Bertz CT molecular complexity index is 1020. The highest BCUT2D eigenvalue weighted by molar-refractivity contribution is 8.33. The van der Waals surface area contributed by atoms with Crippen LogP contribution in [-0.4, -0.2) is 68.9 Å². The largest absolute Gasteiger partial charge is 0.459 e. The molecule has 5 nitrogen and oxygen atoms in total. The Morgan fingerprint density at radius 3 is 1.87 bits per heavy atom. The van der Waals surface area contributed by atoms with Crippen molar-refractivity contribution in [1.82, 2.24) is 9.80 Å². The van der Waals surface area contributed by atoms with Crippen molar-refractivity contribution in [2.45, 2.75) is 89.9 Å². The second-order valence-electron chi connectivity index (χ2n) is 13.0. The molecule has 2 aromatic carbocycles. The Labute approximate surface area is 232 Å². The van der Waals surface area contributed by atoms with Gasteiger partial charge in [-0.05, 0) is 67.8 Å². The van der Waals surface area contributed by atoms with E-state index in [2.05, 4.69) is 62.4 Å². The molecule has 0 saturated carbocycles. The third-order valence-electron chi connectivity index (χ3n) is 7.74. The number of nitrogens with zero attached hydrogens (tertiary/aromatic N) is 2. The number of carbonyl (C=O) groups is 2. The molecule has 0 bridgehead atoms. The molecule has 1 fully saturated rings. The molecular formula is C32H48N2O3S. The molecule has 1 aliphatic heterocycles. The van der Waals surface area contributed by atoms with E-state index in [0.717, 1.165) is 18.6 Å².